The van der Waals surface area contributed by atoms with E-state index in [1.54, 1.807) is 6.07 Å². The largest absolute Gasteiger partial charge is 0.302 e. The Bertz CT molecular complexity index is 1380. The van der Waals surface area contributed by atoms with Crippen molar-refractivity contribution in [3.8, 4) is 0 Å². The summed E-state index contributed by atoms with van der Waals surface area (Å²) in [6, 6.07) is 10.6. The molecule has 1 aliphatic heterocycles. The van der Waals surface area contributed by atoms with Crippen molar-refractivity contribution < 1.29 is 21.6 Å². The molecule has 32 heavy (non-hydrogen) atoms. The van der Waals surface area contributed by atoms with Crippen molar-refractivity contribution in [3.63, 3.8) is 0 Å². The highest BCUT2D eigenvalue weighted by atomic mass is 35.5. The minimum atomic E-state index is -3.77. The molecule has 0 atom stereocenters. The molecule has 0 bridgehead atoms. The third kappa shape index (κ3) is 4.67. The third-order valence-electron chi connectivity index (χ3n) is 5.31. The van der Waals surface area contributed by atoms with Gasteiger partial charge in [-0.05, 0) is 49.2 Å². The van der Waals surface area contributed by atoms with Crippen LogP contribution in [0.5, 0.6) is 0 Å². The van der Waals surface area contributed by atoms with Gasteiger partial charge in [-0.15, -0.1) is 0 Å². The molecule has 1 saturated heterocycles. The number of thiazole rings is 1. The van der Waals surface area contributed by atoms with Crippen LogP contribution in [0.1, 0.15) is 12.8 Å². The van der Waals surface area contributed by atoms with Crippen LogP contribution in [-0.4, -0.2) is 51.4 Å². The number of nitrogens with one attached hydrogen (secondary N) is 1. The normalized spacial score (nSPS) is 16.3. The lowest BCUT2D eigenvalue weighted by molar-refractivity contribution is -0.120. The van der Waals surface area contributed by atoms with Gasteiger partial charge in [0.15, 0.2) is 15.0 Å². The predicted octanol–water partition coefficient (Wildman–Crippen LogP) is 3.39. The van der Waals surface area contributed by atoms with Gasteiger partial charge in [-0.3, -0.25) is 4.79 Å². The number of carbonyl (C=O) groups excluding carboxylic acids is 1. The maximum Gasteiger partial charge on any atom is 0.243 e. The summed E-state index contributed by atoms with van der Waals surface area (Å²) >= 11 is 7.47. The molecule has 8 nitrogen and oxygen atoms in total. The van der Waals surface area contributed by atoms with E-state index in [0.717, 1.165) is 11.0 Å². The number of sulfone groups is 1. The van der Waals surface area contributed by atoms with Crippen molar-refractivity contribution in [1.29, 1.82) is 0 Å². The minimum Gasteiger partial charge on any atom is -0.302 e. The first-order valence-electron chi connectivity index (χ1n) is 9.72. The number of sulfonamides is 1. The first-order valence-corrected chi connectivity index (χ1v) is 14.2. The zero-order valence-corrected chi connectivity index (χ0v) is 20.2. The summed E-state index contributed by atoms with van der Waals surface area (Å²) in [7, 11) is -7.18. The van der Waals surface area contributed by atoms with Crippen LogP contribution < -0.4 is 5.32 Å². The van der Waals surface area contributed by atoms with Crippen LogP contribution in [0.4, 0.5) is 5.13 Å². The number of carbonyl (C=O) groups is 1. The van der Waals surface area contributed by atoms with E-state index in [4.69, 9.17) is 11.6 Å². The fourth-order valence-corrected chi connectivity index (χ4v) is 6.81. The summed E-state index contributed by atoms with van der Waals surface area (Å²) in [6.45, 7) is 0.389. The quantitative estimate of drug-likeness (QED) is 0.559. The van der Waals surface area contributed by atoms with Crippen molar-refractivity contribution >= 4 is 64.1 Å². The van der Waals surface area contributed by atoms with E-state index in [0.29, 0.717) is 28.5 Å². The van der Waals surface area contributed by atoms with Gasteiger partial charge in [-0.1, -0.05) is 29.0 Å². The highest BCUT2D eigenvalue weighted by Gasteiger charge is 2.32. The summed E-state index contributed by atoms with van der Waals surface area (Å²) < 4.78 is 51.2. The minimum absolute atomic E-state index is 0.0270. The zero-order chi connectivity index (χ0) is 23.1. The maximum absolute atomic E-state index is 12.9. The molecule has 4 rings (SSSR count). The van der Waals surface area contributed by atoms with Crippen LogP contribution in [0.2, 0.25) is 5.02 Å². The molecule has 0 aliphatic carbocycles. The number of piperidine rings is 1. The number of para-hydroxylation sites is 1. The summed E-state index contributed by atoms with van der Waals surface area (Å²) in [5, 5.41) is 3.79. The maximum atomic E-state index is 12.9. The number of hydrogen-bond acceptors (Lipinski definition) is 7. The molecule has 2 aromatic carbocycles. The lowest BCUT2D eigenvalue weighted by Crippen LogP contribution is -2.41. The average molecular weight is 514 g/mol. The van der Waals surface area contributed by atoms with Crippen LogP contribution in [0.25, 0.3) is 10.2 Å². The Hall–Kier alpha value is -2.05. The van der Waals surface area contributed by atoms with Crippen LogP contribution in [0, 0.1) is 5.92 Å². The Morgan fingerprint density at radius 1 is 1.06 bits per heavy atom. The summed E-state index contributed by atoms with van der Waals surface area (Å²) in [5.41, 5.74) is 0.636. The molecule has 1 N–H and O–H groups in total. The molecule has 3 aromatic rings. The second-order valence-electron chi connectivity index (χ2n) is 7.52. The van der Waals surface area contributed by atoms with Gasteiger partial charge in [-0.2, -0.15) is 4.31 Å². The van der Waals surface area contributed by atoms with Gasteiger partial charge in [0.2, 0.25) is 15.9 Å². The number of amides is 1. The van der Waals surface area contributed by atoms with Crippen molar-refractivity contribution in [1.82, 2.24) is 9.29 Å². The van der Waals surface area contributed by atoms with Crippen molar-refractivity contribution in [2.24, 2.45) is 5.92 Å². The molecule has 0 spiro atoms. The lowest BCUT2D eigenvalue weighted by Gasteiger charge is -2.30. The van der Waals surface area contributed by atoms with Gasteiger partial charge in [-0.25, -0.2) is 21.8 Å². The monoisotopic (exact) mass is 513 g/mol. The predicted molar refractivity (Wildman–Crippen MR) is 124 cm³/mol. The number of fused-ring (bicyclic) bond motifs is 1. The Labute approximate surface area is 195 Å². The van der Waals surface area contributed by atoms with Crippen molar-refractivity contribution in [2.45, 2.75) is 22.6 Å². The summed E-state index contributed by atoms with van der Waals surface area (Å²) in [4.78, 5) is 17.1. The van der Waals surface area contributed by atoms with Gasteiger partial charge in [0, 0.05) is 25.3 Å². The molecule has 0 radical (unpaired) electrons. The van der Waals surface area contributed by atoms with E-state index >= 15 is 0 Å². The van der Waals surface area contributed by atoms with E-state index in [9.17, 15) is 21.6 Å². The average Bonchev–Trinajstić information content (AvgIpc) is 3.17. The Balaban J connectivity index is 1.40. The number of anilines is 1. The highest BCUT2D eigenvalue weighted by molar-refractivity contribution is 7.90. The molecular formula is C20H20ClN3O5S3. The fraction of sp³-hybridized carbons (Fsp3) is 0.300. The highest BCUT2D eigenvalue weighted by Crippen LogP contribution is 2.32. The molecule has 0 unspecified atom stereocenters. The summed E-state index contributed by atoms with van der Waals surface area (Å²) in [6.07, 6.45) is 1.81. The Kier molecular flexibility index (Phi) is 6.29. The van der Waals surface area contributed by atoms with Gasteiger partial charge in [0.05, 0.1) is 19.5 Å². The number of hydrogen-bond donors (Lipinski definition) is 1. The van der Waals surface area contributed by atoms with Crippen LogP contribution >= 0.6 is 22.9 Å². The van der Waals surface area contributed by atoms with Crippen LogP contribution in [0.3, 0.4) is 0 Å². The first-order chi connectivity index (χ1) is 15.1. The SMILES string of the molecule is CS(=O)(=O)c1ccc(S(=O)(=O)N2CCC(C(=O)Nc3nc4c(Cl)cccc4s3)CC2)cc1. The Morgan fingerprint density at radius 3 is 2.28 bits per heavy atom. The molecular weight excluding hydrogens is 494 g/mol. The molecule has 1 aromatic heterocycles. The number of benzene rings is 2. The number of rotatable bonds is 5. The van der Waals surface area contributed by atoms with Gasteiger partial charge >= 0.3 is 0 Å². The first kappa shape index (κ1) is 23.1. The number of aromatic nitrogens is 1. The number of nitrogens with zero attached hydrogens (tertiary/aromatic N) is 2. The standard InChI is InChI=1S/C20H20ClN3O5S3/c1-31(26,27)14-5-7-15(8-6-14)32(28,29)24-11-9-13(10-12-24)19(25)23-20-22-18-16(21)3-2-4-17(18)30-20/h2-8,13H,9-12H2,1H3,(H,22,23,25). The van der Waals surface area contributed by atoms with E-state index in [2.05, 4.69) is 10.3 Å². The van der Waals surface area contributed by atoms with E-state index in [1.807, 2.05) is 12.1 Å². The van der Waals surface area contributed by atoms with E-state index in [-0.39, 0.29) is 34.7 Å². The van der Waals surface area contributed by atoms with Crippen LogP contribution in [-0.2, 0) is 24.7 Å². The number of halogens is 1. The lowest BCUT2D eigenvalue weighted by atomic mass is 9.97. The second-order valence-corrected chi connectivity index (χ2v) is 12.9. The fourth-order valence-electron chi connectivity index (χ4n) is 3.54. The van der Waals surface area contributed by atoms with Gasteiger partial charge in [0.25, 0.3) is 0 Å². The molecule has 12 heteroatoms. The summed E-state index contributed by atoms with van der Waals surface area (Å²) in [5.74, 6) is -0.536. The van der Waals surface area contributed by atoms with Crippen molar-refractivity contribution in [2.75, 3.05) is 24.7 Å². The zero-order valence-electron chi connectivity index (χ0n) is 17.0. The molecule has 170 valence electrons. The molecule has 0 saturated carbocycles. The second kappa shape index (κ2) is 8.71. The Morgan fingerprint density at radius 2 is 1.69 bits per heavy atom. The topological polar surface area (TPSA) is 114 Å². The van der Waals surface area contributed by atoms with Gasteiger partial charge < -0.3 is 5.32 Å². The molecule has 1 amide bonds. The molecule has 1 fully saturated rings. The van der Waals surface area contributed by atoms with Crippen molar-refractivity contribution in [3.05, 3.63) is 47.5 Å². The van der Waals surface area contributed by atoms with E-state index < -0.39 is 19.9 Å². The van der Waals surface area contributed by atoms with Crippen LogP contribution in [0.15, 0.2) is 52.3 Å². The smallest absolute Gasteiger partial charge is 0.243 e. The third-order valence-corrected chi connectivity index (χ3v) is 9.60. The van der Waals surface area contributed by atoms with E-state index in [1.165, 1.54) is 39.9 Å². The molecule has 2 heterocycles. The molecule has 1 aliphatic rings. The van der Waals surface area contributed by atoms with Gasteiger partial charge in [0.1, 0.15) is 5.52 Å².